The Balaban J connectivity index is 1.33. The summed E-state index contributed by atoms with van der Waals surface area (Å²) in [5, 5.41) is 5.38. The van der Waals surface area contributed by atoms with Crippen molar-refractivity contribution in [3.05, 3.63) is 70.7 Å². The average Bonchev–Trinajstić information content (AvgIpc) is 3.26. The number of anilines is 1. The van der Waals surface area contributed by atoms with Crippen LogP contribution in [0.1, 0.15) is 42.1 Å². The summed E-state index contributed by atoms with van der Waals surface area (Å²) >= 11 is 6.01. The van der Waals surface area contributed by atoms with E-state index in [0.717, 1.165) is 48.6 Å². The van der Waals surface area contributed by atoms with Gasteiger partial charge in [0.1, 0.15) is 5.82 Å². The Labute approximate surface area is 198 Å². The number of piperidine rings is 1. The molecule has 1 aromatic heterocycles. The number of amides is 2. The molecule has 0 N–H and O–H groups in total. The molecular formula is C26H27ClN4O2. The monoisotopic (exact) mass is 462 g/mol. The lowest BCUT2D eigenvalue weighted by Gasteiger charge is -2.30. The second-order valence-electron chi connectivity index (χ2n) is 9.02. The first kappa shape index (κ1) is 21.7. The summed E-state index contributed by atoms with van der Waals surface area (Å²) < 4.78 is 1.89. The van der Waals surface area contributed by atoms with Crippen LogP contribution in [-0.2, 0) is 17.9 Å². The minimum Gasteiger partial charge on any atom is -0.339 e. The number of fused-ring (bicyclic) bond motifs is 1. The molecule has 2 aliphatic rings. The summed E-state index contributed by atoms with van der Waals surface area (Å²) in [4.78, 5) is 29.3. The van der Waals surface area contributed by atoms with Crippen molar-refractivity contribution in [1.82, 2.24) is 14.7 Å². The van der Waals surface area contributed by atoms with Crippen LogP contribution < -0.4 is 4.90 Å². The van der Waals surface area contributed by atoms with Crippen LogP contribution in [0.2, 0.25) is 5.02 Å². The fraction of sp³-hybridized carbons (Fsp3) is 0.346. The molecule has 0 aliphatic carbocycles. The Morgan fingerprint density at radius 3 is 2.42 bits per heavy atom. The van der Waals surface area contributed by atoms with Crippen molar-refractivity contribution in [3.8, 4) is 11.3 Å². The third-order valence-electron chi connectivity index (χ3n) is 6.63. The van der Waals surface area contributed by atoms with Crippen molar-refractivity contribution < 1.29 is 9.59 Å². The second kappa shape index (κ2) is 9.02. The Kier molecular flexibility index (Phi) is 5.94. The van der Waals surface area contributed by atoms with Gasteiger partial charge in [-0.25, -0.2) is 4.68 Å². The third-order valence-corrected chi connectivity index (χ3v) is 6.88. The highest BCUT2D eigenvalue weighted by molar-refractivity contribution is 6.30. The topological polar surface area (TPSA) is 58.4 Å². The quantitative estimate of drug-likeness (QED) is 0.547. The zero-order valence-corrected chi connectivity index (χ0v) is 19.5. The van der Waals surface area contributed by atoms with Gasteiger partial charge in [0.05, 0.1) is 18.8 Å². The first-order valence-electron chi connectivity index (χ1n) is 11.5. The minimum atomic E-state index is 0.0765. The molecule has 2 aliphatic heterocycles. The molecule has 170 valence electrons. The molecule has 0 atom stereocenters. The Morgan fingerprint density at radius 1 is 1.03 bits per heavy atom. The zero-order chi connectivity index (χ0) is 22.9. The molecule has 2 aromatic carbocycles. The highest BCUT2D eigenvalue weighted by Crippen LogP contribution is 2.30. The van der Waals surface area contributed by atoms with Gasteiger partial charge in [-0.1, -0.05) is 42.8 Å². The lowest BCUT2D eigenvalue weighted by atomic mass is 9.98. The molecule has 1 saturated heterocycles. The van der Waals surface area contributed by atoms with Crippen LogP contribution in [0.3, 0.4) is 0 Å². The normalized spacial score (nSPS) is 16.7. The smallest absolute Gasteiger partial charge is 0.253 e. The van der Waals surface area contributed by atoms with Gasteiger partial charge in [0.2, 0.25) is 5.91 Å². The van der Waals surface area contributed by atoms with Gasteiger partial charge in [0, 0.05) is 41.7 Å². The van der Waals surface area contributed by atoms with Crippen molar-refractivity contribution in [2.75, 3.05) is 18.0 Å². The maximum atomic E-state index is 12.8. The van der Waals surface area contributed by atoms with Crippen molar-refractivity contribution in [2.45, 2.75) is 39.3 Å². The molecule has 1 fully saturated rings. The predicted octanol–water partition coefficient (Wildman–Crippen LogP) is 5.01. The Morgan fingerprint density at radius 2 is 1.73 bits per heavy atom. The molecule has 0 spiro atoms. The molecule has 0 radical (unpaired) electrons. The molecule has 7 heteroatoms. The SMILES string of the molecule is CC1CCN(C(=O)c2ccc(CN3C(=O)CCn4nc(-c5ccc(Cl)cc5)cc43)cc2)CC1. The molecule has 3 aromatic rings. The van der Waals surface area contributed by atoms with E-state index in [1.165, 1.54) is 0 Å². The second-order valence-corrected chi connectivity index (χ2v) is 9.46. The van der Waals surface area contributed by atoms with E-state index in [1.807, 2.05) is 64.2 Å². The number of halogens is 1. The predicted molar refractivity (Wildman–Crippen MR) is 129 cm³/mol. The zero-order valence-electron chi connectivity index (χ0n) is 18.7. The van der Waals surface area contributed by atoms with E-state index in [2.05, 4.69) is 6.92 Å². The van der Waals surface area contributed by atoms with Crippen LogP contribution in [-0.4, -0.2) is 39.6 Å². The van der Waals surface area contributed by atoms with Gasteiger partial charge < -0.3 is 4.90 Å². The number of aryl methyl sites for hydroxylation is 1. The number of aromatic nitrogens is 2. The number of likely N-dealkylation sites (tertiary alicyclic amines) is 1. The van der Waals surface area contributed by atoms with Crippen LogP contribution >= 0.6 is 11.6 Å². The van der Waals surface area contributed by atoms with Gasteiger partial charge in [0.15, 0.2) is 0 Å². The van der Waals surface area contributed by atoms with E-state index in [1.54, 1.807) is 4.90 Å². The number of hydrogen-bond acceptors (Lipinski definition) is 3. The van der Waals surface area contributed by atoms with E-state index in [0.29, 0.717) is 36.0 Å². The Hall–Kier alpha value is -3.12. The van der Waals surface area contributed by atoms with E-state index in [4.69, 9.17) is 16.7 Å². The van der Waals surface area contributed by atoms with Crippen molar-refractivity contribution >= 4 is 29.2 Å². The molecular weight excluding hydrogens is 436 g/mol. The average molecular weight is 463 g/mol. The number of hydrogen-bond donors (Lipinski definition) is 0. The largest absolute Gasteiger partial charge is 0.339 e. The first-order valence-corrected chi connectivity index (χ1v) is 11.9. The fourth-order valence-electron chi connectivity index (χ4n) is 4.51. The van der Waals surface area contributed by atoms with Gasteiger partial charge in [-0.05, 0) is 48.6 Å². The van der Waals surface area contributed by atoms with Crippen molar-refractivity contribution in [2.24, 2.45) is 5.92 Å². The number of nitrogens with zero attached hydrogens (tertiary/aromatic N) is 4. The summed E-state index contributed by atoms with van der Waals surface area (Å²) in [6.45, 7) is 4.90. The highest BCUT2D eigenvalue weighted by Gasteiger charge is 2.27. The van der Waals surface area contributed by atoms with Crippen molar-refractivity contribution in [1.29, 1.82) is 0 Å². The van der Waals surface area contributed by atoms with Gasteiger partial charge in [-0.2, -0.15) is 5.10 Å². The first-order chi connectivity index (χ1) is 16.0. The van der Waals surface area contributed by atoms with Crippen LogP contribution in [0.25, 0.3) is 11.3 Å². The van der Waals surface area contributed by atoms with Gasteiger partial charge >= 0.3 is 0 Å². The maximum absolute atomic E-state index is 12.8. The molecule has 3 heterocycles. The molecule has 5 rings (SSSR count). The third kappa shape index (κ3) is 4.53. The molecule has 6 nitrogen and oxygen atoms in total. The molecule has 0 saturated carbocycles. The number of carbonyl (C=O) groups is 2. The number of benzene rings is 2. The van der Waals surface area contributed by atoms with Crippen molar-refractivity contribution in [3.63, 3.8) is 0 Å². The summed E-state index contributed by atoms with van der Waals surface area (Å²) in [7, 11) is 0. The fourth-order valence-corrected chi connectivity index (χ4v) is 4.64. The highest BCUT2D eigenvalue weighted by atomic mass is 35.5. The van der Waals surface area contributed by atoms with Gasteiger partial charge in [0.25, 0.3) is 5.91 Å². The van der Waals surface area contributed by atoms with Crippen LogP contribution in [0.4, 0.5) is 5.82 Å². The summed E-state index contributed by atoms with van der Waals surface area (Å²) in [6, 6.07) is 17.1. The lowest BCUT2D eigenvalue weighted by molar-refractivity contribution is -0.119. The van der Waals surface area contributed by atoms with E-state index < -0.39 is 0 Å². The molecule has 0 bridgehead atoms. The van der Waals surface area contributed by atoms with E-state index in [9.17, 15) is 9.59 Å². The molecule has 2 amide bonds. The van der Waals surface area contributed by atoms with Crippen LogP contribution in [0, 0.1) is 5.92 Å². The maximum Gasteiger partial charge on any atom is 0.253 e. The summed E-state index contributed by atoms with van der Waals surface area (Å²) in [5.41, 5.74) is 3.46. The number of rotatable bonds is 4. The summed E-state index contributed by atoms with van der Waals surface area (Å²) in [5.74, 6) is 1.65. The lowest BCUT2D eigenvalue weighted by Crippen LogP contribution is -2.38. The van der Waals surface area contributed by atoms with Crippen LogP contribution in [0.15, 0.2) is 54.6 Å². The molecule has 0 unspecified atom stereocenters. The summed E-state index contributed by atoms with van der Waals surface area (Å²) in [6.07, 6.45) is 2.54. The van der Waals surface area contributed by atoms with Gasteiger partial charge in [-0.15, -0.1) is 0 Å². The molecule has 33 heavy (non-hydrogen) atoms. The van der Waals surface area contributed by atoms with E-state index in [-0.39, 0.29) is 11.8 Å². The Bertz CT molecular complexity index is 1160. The van der Waals surface area contributed by atoms with Gasteiger partial charge in [-0.3, -0.25) is 14.5 Å². The van der Waals surface area contributed by atoms with E-state index >= 15 is 0 Å². The minimum absolute atomic E-state index is 0.0765. The van der Waals surface area contributed by atoms with Crippen LogP contribution in [0.5, 0.6) is 0 Å². The standard InChI is InChI=1S/C26H27ClN4O2/c1-18-10-13-29(14-11-18)26(33)21-4-2-19(3-5-21)17-30-24-16-23(20-6-8-22(27)9-7-20)28-31(24)15-12-25(30)32/h2-9,16,18H,10-15,17H2,1H3. The number of carbonyl (C=O) groups excluding carboxylic acids is 2.